The summed E-state index contributed by atoms with van der Waals surface area (Å²) in [6, 6.07) is -5.04. The van der Waals surface area contributed by atoms with Crippen LogP contribution in [0.25, 0.3) is 0 Å². The van der Waals surface area contributed by atoms with Gasteiger partial charge in [0.2, 0.25) is 17.7 Å². The molecule has 0 aliphatic carbocycles. The SMILES string of the molecule is O=C(O)CCC(NC(=O)C(CO)NC(=O)C(CCC(=O)O)NC(=O)C1CCCN1)C(=O)O. The van der Waals surface area contributed by atoms with E-state index in [-0.39, 0.29) is 6.42 Å². The number of amides is 3. The topological polar surface area (TPSA) is 231 Å². The molecule has 32 heavy (non-hydrogen) atoms. The van der Waals surface area contributed by atoms with Gasteiger partial charge in [-0.2, -0.15) is 0 Å². The van der Waals surface area contributed by atoms with Gasteiger partial charge < -0.3 is 41.7 Å². The monoisotopic (exact) mass is 460 g/mol. The molecular formula is C18H28N4O10. The third-order valence-electron chi connectivity index (χ3n) is 4.73. The van der Waals surface area contributed by atoms with Gasteiger partial charge in [-0.3, -0.25) is 24.0 Å². The van der Waals surface area contributed by atoms with Gasteiger partial charge in [-0.1, -0.05) is 0 Å². The van der Waals surface area contributed by atoms with Crippen LogP contribution in [-0.4, -0.2) is 93.4 Å². The molecule has 1 aliphatic rings. The quantitative estimate of drug-likeness (QED) is 0.130. The minimum absolute atomic E-state index is 0.282. The van der Waals surface area contributed by atoms with Gasteiger partial charge in [-0.15, -0.1) is 0 Å². The van der Waals surface area contributed by atoms with Crippen molar-refractivity contribution in [2.24, 2.45) is 0 Å². The number of aliphatic hydroxyl groups is 1. The molecule has 1 aliphatic heterocycles. The van der Waals surface area contributed by atoms with Crippen molar-refractivity contribution in [1.29, 1.82) is 0 Å². The Labute approximate surface area is 182 Å². The molecule has 14 nitrogen and oxygen atoms in total. The van der Waals surface area contributed by atoms with Gasteiger partial charge in [0.05, 0.1) is 12.6 Å². The van der Waals surface area contributed by atoms with E-state index in [9.17, 15) is 33.9 Å². The molecule has 14 heteroatoms. The Kier molecular flexibility index (Phi) is 11.1. The molecule has 4 unspecified atom stereocenters. The van der Waals surface area contributed by atoms with Gasteiger partial charge in [-0.25, -0.2) is 4.79 Å². The van der Waals surface area contributed by atoms with E-state index in [0.29, 0.717) is 13.0 Å². The van der Waals surface area contributed by atoms with Gasteiger partial charge in [0.1, 0.15) is 18.1 Å². The molecule has 0 spiro atoms. The second-order valence-electron chi connectivity index (χ2n) is 7.22. The van der Waals surface area contributed by atoms with Crippen molar-refractivity contribution in [1.82, 2.24) is 21.3 Å². The Hall–Kier alpha value is -3.26. The second kappa shape index (κ2) is 13.2. The van der Waals surface area contributed by atoms with E-state index in [1.807, 2.05) is 5.32 Å². The van der Waals surface area contributed by atoms with E-state index in [2.05, 4.69) is 16.0 Å². The van der Waals surface area contributed by atoms with Gasteiger partial charge >= 0.3 is 17.9 Å². The van der Waals surface area contributed by atoms with Gasteiger partial charge in [-0.05, 0) is 32.2 Å². The summed E-state index contributed by atoms with van der Waals surface area (Å²) >= 11 is 0. The van der Waals surface area contributed by atoms with Crippen LogP contribution in [0.15, 0.2) is 0 Å². The average Bonchev–Trinajstić information content (AvgIpc) is 3.26. The maximum Gasteiger partial charge on any atom is 0.326 e. The molecule has 1 heterocycles. The number of aliphatic carboxylic acids is 3. The van der Waals surface area contributed by atoms with E-state index in [4.69, 9.17) is 15.3 Å². The van der Waals surface area contributed by atoms with Crippen LogP contribution in [0.4, 0.5) is 0 Å². The summed E-state index contributed by atoms with van der Waals surface area (Å²) in [7, 11) is 0. The molecule has 8 N–H and O–H groups in total. The van der Waals surface area contributed by atoms with Crippen LogP contribution < -0.4 is 21.3 Å². The summed E-state index contributed by atoms with van der Waals surface area (Å²) in [5.74, 6) is -6.53. The molecule has 1 saturated heterocycles. The molecule has 0 aromatic carbocycles. The summed E-state index contributed by atoms with van der Waals surface area (Å²) in [4.78, 5) is 69.9. The molecule has 180 valence electrons. The van der Waals surface area contributed by atoms with Crippen LogP contribution in [0, 0.1) is 0 Å². The van der Waals surface area contributed by atoms with E-state index in [1.165, 1.54) is 0 Å². The normalized spacial score (nSPS) is 18.1. The first-order valence-corrected chi connectivity index (χ1v) is 9.96. The molecule has 1 rings (SSSR count). The predicted molar refractivity (Wildman–Crippen MR) is 105 cm³/mol. The standard InChI is InChI=1S/C18H28N4O10/c23-8-12(17(30)21-11(18(31)32)4-6-14(26)27)22-16(29)10(3-5-13(24)25)20-15(28)9-2-1-7-19-9/h9-12,19,23H,1-8H2,(H,20,28)(H,21,30)(H,22,29)(H,24,25)(H,26,27)(H,31,32). The third kappa shape index (κ3) is 9.26. The van der Waals surface area contributed by atoms with Gasteiger partial charge in [0, 0.05) is 12.8 Å². The Morgan fingerprint density at radius 2 is 1.34 bits per heavy atom. The highest BCUT2D eigenvalue weighted by Crippen LogP contribution is 2.07. The lowest BCUT2D eigenvalue weighted by molar-refractivity contribution is -0.143. The summed E-state index contributed by atoms with van der Waals surface area (Å²) in [6.45, 7) is -0.309. The lowest BCUT2D eigenvalue weighted by Crippen LogP contribution is -2.58. The van der Waals surface area contributed by atoms with E-state index < -0.39 is 85.7 Å². The number of carbonyl (C=O) groups is 6. The summed E-state index contributed by atoms with van der Waals surface area (Å²) in [6.07, 6.45) is -0.407. The average molecular weight is 460 g/mol. The zero-order valence-electron chi connectivity index (χ0n) is 17.2. The predicted octanol–water partition coefficient (Wildman–Crippen LogP) is -3.00. The molecule has 0 saturated carbocycles. The summed E-state index contributed by atoms with van der Waals surface area (Å²) in [5, 5.41) is 45.7. The fraction of sp³-hybridized carbons (Fsp3) is 0.667. The van der Waals surface area contributed by atoms with Crippen molar-refractivity contribution >= 4 is 35.6 Å². The van der Waals surface area contributed by atoms with Crippen LogP contribution in [0.3, 0.4) is 0 Å². The first-order chi connectivity index (χ1) is 15.0. The maximum absolute atomic E-state index is 12.6. The van der Waals surface area contributed by atoms with Crippen LogP contribution in [0.1, 0.15) is 38.5 Å². The molecule has 0 aromatic heterocycles. The number of nitrogens with one attached hydrogen (secondary N) is 4. The second-order valence-corrected chi connectivity index (χ2v) is 7.22. The Bertz CT molecular complexity index is 723. The highest BCUT2D eigenvalue weighted by molar-refractivity contribution is 5.94. The largest absolute Gasteiger partial charge is 0.481 e. The molecule has 4 atom stereocenters. The highest BCUT2D eigenvalue weighted by atomic mass is 16.4. The molecule has 0 aromatic rings. The number of carboxylic acids is 3. The van der Waals surface area contributed by atoms with Crippen molar-refractivity contribution in [3.63, 3.8) is 0 Å². The summed E-state index contributed by atoms with van der Waals surface area (Å²) in [5.41, 5.74) is 0. The van der Waals surface area contributed by atoms with Crippen molar-refractivity contribution in [2.45, 2.75) is 62.7 Å². The molecule has 0 radical (unpaired) electrons. The molecule has 0 bridgehead atoms. The van der Waals surface area contributed by atoms with E-state index in [1.54, 1.807) is 0 Å². The van der Waals surface area contributed by atoms with Crippen LogP contribution in [-0.2, 0) is 28.8 Å². The lowest BCUT2D eigenvalue weighted by Gasteiger charge is -2.24. The van der Waals surface area contributed by atoms with E-state index >= 15 is 0 Å². The van der Waals surface area contributed by atoms with E-state index in [0.717, 1.165) is 6.42 Å². The molecular weight excluding hydrogens is 432 g/mol. The Morgan fingerprint density at radius 1 is 0.812 bits per heavy atom. The number of hydrogen-bond donors (Lipinski definition) is 8. The van der Waals surface area contributed by atoms with Crippen LogP contribution >= 0.6 is 0 Å². The highest BCUT2D eigenvalue weighted by Gasteiger charge is 2.31. The fourth-order valence-corrected chi connectivity index (χ4v) is 2.98. The fourth-order valence-electron chi connectivity index (χ4n) is 2.98. The minimum atomic E-state index is -1.61. The summed E-state index contributed by atoms with van der Waals surface area (Å²) < 4.78 is 0. The number of aliphatic hydroxyl groups excluding tert-OH is 1. The third-order valence-corrected chi connectivity index (χ3v) is 4.73. The van der Waals surface area contributed by atoms with Gasteiger partial charge in [0.25, 0.3) is 0 Å². The number of rotatable bonds is 14. The van der Waals surface area contributed by atoms with Crippen LogP contribution in [0.5, 0.6) is 0 Å². The van der Waals surface area contributed by atoms with Crippen molar-refractivity contribution in [3.8, 4) is 0 Å². The van der Waals surface area contributed by atoms with Crippen LogP contribution in [0.2, 0.25) is 0 Å². The Balaban J connectivity index is 2.80. The van der Waals surface area contributed by atoms with Gasteiger partial charge in [0.15, 0.2) is 0 Å². The first-order valence-electron chi connectivity index (χ1n) is 9.96. The molecule has 1 fully saturated rings. The van der Waals surface area contributed by atoms with Crippen molar-refractivity contribution in [2.75, 3.05) is 13.2 Å². The minimum Gasteiger partial charge on any atom is -0.481 e. The number of carbonyl (C=O) groups excluding carboxylic acids is 3. The number of carboxylic acid groups (broad SMARTS) is 3. The zero-order valence-corrected chi connectivity index (χ0v) is 17.2. The lowest BCUT2D eigenvalue weighted by atomic mass is 10.1. The Morgan fingerprint density at radius 3 is 1.81 bits per heavy atom. The van der Waals surface area contributed by atoms with Crippen molar-refractivity contribution < 1.29 is 49.2 Å². The smallest absolute Gasteiger partial charge is 0.326 e. The van der Waals surface area contributed by atoms with Crippen molar-refractivity contribution in [3.05, 3.63) is 0 Å². The first kappa shape index (κ1) is 26.8. The molecule has 3 amide bonds. The zero-order chi connectivity index (χ0) is 24.3. The number of hydrogen-bond acceptors (Lipinski definition) is 8. The maximum atomic E-state index is 12.6.